The van der Waals surface area contributed by atoms with Crippen molar-refractivity contribution in [3.05, 3.63) is 28.8 Å². The SMILES string of the molecule is CCOc1ccc(Cl)cc1C(C)NCCCO. The van der Waals surface area contributed by atoms with Crippen LogP contribution in [-0.2, 0) is 0 Å². The van der Waals surface area contributed by atoms with Crippen LogP contribution in [0.4, 0.5) is 0 Å². The first-order chi connectivity index (χ1) is 8.19. The first-order valence-corrected chi connectivity index (χ1v) is 6.33. The lowest BCUT2D eigenvalue weighted by Gasteiger charge is -2.18. The van der Waals surface area contributed by atoms with Gasteiger partial charge in [-0.25, -0.2) is 0 Å². The molecule has 3 nitrogen and oxygen atoms in total. The molecule has 1 unspecified atom stereocenters. The summed E-state index contributed by atoms with van der Waals surface area (Å²) < 4.78 is 5.57. The van der Waals surface area contributed by atoms with Crippen molar-refractivity contribution in [2.45, 2.75) is 26.3 Å². The first-order valence-electron chi connectivity index (χ1n) is 5.95. The summed E-state index contributed by atoms with van der Waals surface area (Å²) in [5.41, 5.74) is 1.05. The predicted molar refractivity (Wildman–Crippen MR) is 70.7 cm³/mol. The van der Waals surface area contributed by atoms with E-state index in [-0.39, 0.29) is 12.6 Å². The summed E-state index contributed by atoms with van der Waals surface area (Å²) in [5, 5.41) is 12.8. The van der Waals surface area contributed by atoms with Gasteiger partial charge in [-0.2, -0.15) is 0 Å². The Morgan fingerprint density at radius 3 is 2.88 bits per heavy atom. The average Bonchev–Trinajstić information content (AvgIpc) is 2.32. The monoisotopic (exact) mass is 257 g/mol. The van der Waals surface area contributed by atoms with Crippen molar-refractivity contribution >= 4 is 11.6 Å². The Hall–Kier alpha value is -0.770. The second-order valence-electron chi connectivity index (χ2n) is 3.87. The highest BCUT2D eigenvalue weighted by molar-refractivity contribution is 6.30. The minimum Gasteiger partial charge on any atom is -0.494 e. The van der Waals surface area contributed by atoms with Gasteiger partial charge >= 0.3 is 0 Å². The van der Waals surface area contributed by atoms with Crippen LogP contribution in [0, 0.1) is 0 Å². The van der Waals surface area contributed by atoms with Crippen molar-refractivity contribution in [3.8, 4) is 5.75 Å². The summed E-state index contributed by atoms with van der Waals surface area (Å²) in [6, 6.07) is 5.80. The number of aliphatic hydroxyl groups excluding tert-OH is 1. The molecule has 2 N–H and O–H groups in total. The number of ether oxygens (including phenoxy) is 1. The van der Waals surface area contributed by atoms with E-state index in [4.69, 9.17) is 21.4 Å². The standard InChI is InChI=1S/C13H20ClNO2/c1-3-17-13-6-5-11(14)9-12(13)10(2)15-7-4-8-16/h5-6,9-10,15-16H,3-4,7-8H2,1-2H3. The molecule has 0 aliphatic heterocycles. The number of aliphatic hydroxyl groups is 1. The van der Waals surface area contributed by atoms with Crippen molar-refractivity contribution in [2.24, 2.45) is 0 Å². The van der Waals surface area contributed by atoms with Crippen molar-refractivity contribution in [1.82, 2.24) is 5.32 Å². The van der Waals surface area contributed by atoms with E-state index in [0.717, 1.165) is 24.3 Å². The molecular formula is C13H20ClNO2. The Labute approximate surface area is 108 Å². The zero-order valence-electron chi connectivity index (χ0n) is 10.4. The van der Waals surface area contributed by atoms with Crippen LogP contribution >= 0.6 is 11.6 Å². The highest BCUT2D eigenvalue weighted by Crippen LogP contribution is 2.28. The van der Waals surface area contributed by atoms with E-state index in [1.807, 2.05) is 25.1 Å². The van der Waals surface area contributed by atoms with Crippen LogP contribution in [0.2, 0.25) is 5.02 Å². The van der Waals surface area contributed by atoms with Gasteiger partial charge in [0.15, 0.2) is 0 Å². The third-order valence-electron chi connectivity index (χ3n) is 2.52. The Kier molecular flexibility index (Phi) is 6.34. The zero-order valence-corrected chi connectivity index (χ0v) is 11.1. The molecule has 1 aromatic rings. The van der Waals surface area contributed by atoms with Gasteiger partial charge in [-0.05, 0) is 45.0 Å². The molecule has 0 fully saturated rings. The molecule has 0 spiro atoms. The molecule has 4 heteroatoms. The summed E-state index contributed by atoms with van der Waals surface area (Å²) in [6.07, 6.45) is 0.745. The van der Waals surface area contributed by atoms with Crippen molar-refractivity contribution < 1.29 is 9.84 Å². The largest absolute Gasteiger partial charge is 0.494 e. The molecule has 17 heavy (non-hydrogen) atoms. The lowest BCUT2D eigenvalue weighted by atomic mass is 10.1. The van der Waals surface area contributed by atoms with Crippen LogP contribution < -0.4 is 10.1 Å². The molecule has 1 rings (SSSR count). The lowest BCUT2D eigenvalue weighted by Crippen LogP contribution is -2.21. The van der Waals surface area contributed by atoms with Gasteiger partial charge in [-0.15, -0.1) is 0 Å². The van der Waals surface area contributed by atoms with Crippen molar-refractivity contribution in [3.63, 3.8) is 0 Å². The molecule has 1 aromatic carbocycles. The molecule has 0 radical (unpaired) electrons. The molecule has 0 saturated carbocycles. The molecular weight excluding hydrogens is 238 g/mol. The number of rotatable bonds is 7. The van der Waals surface area contributed by atoms with Gasteiger partial charge < -0.3 is 15.2 Å². The van der Waals surface area contributed by atoms with Gasteiger partial charge in [0.2, 0.25) is 0 Å². The molecule has 96 valence electrons. The van der Waals surface area contributed by atoms with Gasteiger partial charge in [0.1, 0.15) is 5.75 Å². The minimum atomic E-state index is 0.154. The zero-order chi connectivity index (χ0) is 12.7. The third kappa shape index (κ3) is 4.54. The molecule has 0 bridgehead atoms. The molecule has 0 aliphatic carbocycles. The Bertz CT molecular complexity index is 344. The maximum absolute atomic E-state index is 8.75. The molecule has 0 aromatic heterocycles. The van der Waals surface area contributed by atoms with E-state index in [2.05, 4.69) is 12.2 Å². The summed E-state index contributed by atoms with van der Waals surface area (Å²) in [4.78, 5) is 0. The second-order valence-corrected chi connectivity index (χ2v) is 4.30. The van der Waals surface area contributed by atoms with E-state index in [1.54, 1.807) is 0 Å². The summed E-state index contributed by atoms with van der Waals surface area (Å²) in [7, 11) is 0. The second kappa shape index (κ2) is 7.54. The Balaban J connectivity index is 2.74. The van der Waals surface area contributed by atoms with E-state index in [1.165, 1.54) is 0 Å². The number of halogens is 1. The number of benzene rings is 1. The highest BCUT2D eigenvalue weighted by atomic mass is 35.5. The average molecular weight is 258 g/mol. The smallest absolute Gasteiger partial charge is 0.124 e. The molecule has 1 atom stereocenters. The minimum absolute atomic E-state index is 0.154. The predicted octanol–water partition coefficient (Wildman–Crippen LogP) is 2.77. The van der Waals surface area contributed by atoms with E-state index in [9.17, 15) is 0 Å². The summed E-state index contributed by atoms with van der Waals surface area (Å²) in [6.45, 7) is 5.63. The van der Waals surface area contributed by atoms with E-state index >= 15 is 0 Å². The maximum Gasteiger partial charge on any atom is 0.124 e. The van der Waals surface area contributed by atoms with Gasteiger partial charge in [0, 0.05) is 23.2 Å². The van der Waals surface area contributed by atoms with Crippen LogP contribution in [0.15, 0.2) is 18.2 Å². The van der Waals surface area contributed by atoms with Gasteiger partial charge in [0.05, 0.1) is 6.61 Å². The maximum atomic E-state index is 8.75. The van der Waals surface area contributed by atoms with Crippen molar-refractivity contribution in [2.75, 3.05) is 19.8 Å². The number of hydrogen-bond donors (Lipinski definition) is 2. The molecule has 0 heterocycles. The van der Waals surface area contributed by atoms with E-state index in [0.29, 0.717) is 11.6 Å². The normalized spacial score (nSPS) is 12.5. The fraction of sp³-hybridized carbons (Fsp3) is 0.538. The fourth-order valence-corrected chi connectivity index (χ4v) is 1.83. The summed E-state index contributed by atoms with van der Waals surface area (Å²) >= 11 is 6.00. The highest BCUT2D eigenvalue weighted by Gasteiger charge is 2.11. The van der Waals surface area contributed by atoms with E-state index < -0.39 is 0 Å². The molecule has 0 aliphatic rings. The van der Waals surface area contributed by atoms with Crippen LogP contribution in [0.5, 0.6) is 5.75 Å². The Morgan fingerprint density at radius 1 is 1.47 bits per heavy atom. The Morgan fingerprint density at radius 2 is 2.24 bits per heavy atom. The fourth-order valence-electron chi connectivity index (χ4n) is 1.65. The summed E-state index contributed by atoms with van der Waals surface area (Å²) in [5.74, 6) is 0.862. The van der Waals surface area contributed by atoms with Crippen LogP contribution in [-0.4, -0.2) is 24.9 Å². The van der Waals surface area contributed by atoms with Crippen LogP contribution in [0.25, 0.3) is 0 Å². The van der Waals surface area contributed by atoms with Gasteiger partial charge in [-0.1, -0.05) is 11.6 Å². The van der Waals surface area contributed by atoms with Gasteiger partial charge in [-0.3, -0.25) is 0 Å². The lowest BCUT2D eigenvalue weighted by molar-refractivity contribution is 0.283. The van der Waals surface area contributed by atoms with Crippen LogP contribution in [0.3, 0.4) is 0 Å². The first kappa shape index (κ1) is 14.3. The third-order valence-corrected chi connectivity index (χ3v) is 2.76. The van der Waals surface area contributed by atoms with Crippen LogP contribution in [0.1, 0.15) is 31.9 Å². The number of nitrogens with one attached hydrogen (secondary N) is 1. The van der Waals surface area contributed by atoms with Gasteiger partial charge in [0.25, 0.3) is 0 Å². The topological polar surface area (TPSA) is 41.5 Å². The number of hydrogen-bond acceptors (Lipinski definition) is 3. The molecule has 0 saturated heterocycles. The molecule has 0 amide bonds. The van der Waals surface area contributed by atoms with Crippen molar-refractivity contribution in [1.29, 1.82) is 0 Å². The quantitative estimate of drug-likeness (QED) is 0.738.